The molecule has 1 unspecified atom stereocenters. The molecule has 0 bridgehead atoms. The second-order valence-electron chi connectivity index (χ2n) is 6.99. The lowest BCUT2D eigenvalue weighted by Gasteiger charge is -2.30. The van der Waals surface area contributed by atoms with Crippen LogP contribution in [0.5, 0.6) is 0 Å². The Balaban J connectivity index is 1.65. The summed E-state index contributed by atoms with van der Waals surface area (Å²) in [6.07, 6.45) is 4.26. The number of hydrogen-bond donors (Lipinski definition) is 1. The fraction of sp³-hybridized carbons (Fsp3) is 0.632. The van der Waals surface area contributed by atoms with Crippen LogP contribution in [0.15, 0.2) is 24.3 Å². The van der Waals surface area contributed by atoms with Gasteiger partial charge in [-0.3, -0.25) is 4.79 Å². The van der Waals surface area contributed by atoms with E-state index in [9.17, 15) is 4.79 Å². The van der Waals surface area contributed by atoms with Gasteiger partial charge in [-0.15, -0.1) is 0 Å². The van der Waals surface area contributed by atoms with Gasteiger partial charge in [0, 0.05) is 45.6 Å². The van der Waals surface area contributed by atoms with Crippen molar-refractivity contribution in [3.05, 3.63) is 29.8 Å². The summed E-state index contributed by atoms with van der Waals surface area (Å²) in [5.41, 5.74) is 8.71. The number of carbonyl (C=O) groups is 1. The van der Waals surface area contributed by atoms with Gasteiger partial charge in [0.15, 0.2) is 0 Å². The molecule has 2 N–H and O–H groups in total. The summed E-state index contributed by atoms with van der Waals surface area (Å²) in [5.74, 6) is 0.278. The lowest BCUT2D eigenvalue weighted by atomic mass is 9.91. The van der Waals surface area contributed by atoms with Crippen LogP contribution in [0.1, 0.15) is 31.2 Å². The Morgan fingerprint density at radius 1 is 1.29 bits per heavy atom. The molecule has 132 valence electrons. The number of carbonyl (C=O) groups excluding carboxylic acids is 1. The molecule has 24 heavy (non-hydrogen) atoms. The zero-order valence-electron chi connectivity index (χ0n) is 14.6. The third-order valence-electron chi connectivity index (χ3n) is 5.28. The predicted molar refractivity (Wildman–Crippen MR) is 95.9 cm³/mol. The Morgan fingerprint density at radius 3 is 2.67 bits per heavy atom. The lowest BCUT2D eigenvalue weighted by Crippen LogP contribution is -2.47. The van der Waals surface area contributed by atoms with E-state index in [-0.39, 0.29) is 11.8 Å². The molecule has 0 saturated carbocycles. The molecular weight excluding hydrogens is 302 g/mol. The fourth-order valence-corrected chi connectivity index (χ4v) is 3.78. The van der Waals surface area contributed by atoms with Crippen LogP contribution in [0.3, 0.4) is 0 Å². The van der Waals surface area contributed by atoms with Crippen LogP contribution < -0.4 is 10.6 Å². The molecule has 0 aliphatic carbocycles. The topological polar surface area (TPSA) is 58.8 Å². The number of hydrogen-bond acceptors (Lipinski definition) is 4. The van der Waals surface area contributed by atoms with Crippen LogP contribution in [-0.2, 0) is 16.1 Å². The maximum absolute atomic E-state index is 12.7. The highest BCUT2D eigenvalue weighted by Crippen LogP contribution is 2.26. The van der Waals surface area contributed by atoms with E-state index < -0.39 is 6.04 Å². The molecule has 1 aromatic carbocycles. The highest BCUT2D eigenvalue weighted by molar-refractivity contribution is 5.82. The van der Waals surface area contributed by atoms with Crippen molar-refractivity contribution in [2.75, 3.05) is 38.3 Å². The summed E-state index contributed by atoms with van der Waals surface area (Å²) >= 11 is 0. The van der Waals surface area contributed by atoms with Crippen molar-refractivity contribution in [2.45, 2.75) is 38.3 Å². The van der Waals surface area contributed by atoms with E-state index >= 15 is 0 Å². The quantitative estimate of drug-likeness (QED) is 0.896. The zero-order valence-corrected chi connectivity index (χ0v) is 14.6. The maximum atomic E-state index is 12.7. The summed E-state index contributed by atoms with van der Waals surface area (Å²) in [6.45, 7) is 4.26. The molecule has 0 spiro atoms. The molecular formula is C19H29N3O2. The second-order valence-corrected chi connectivity index (χ2v) is 6.99. The predicted octanol–water partition coefficient (Wildman–Crippen LogP) is 2.00. The minimum absolute atomic E-state index is 0.0399. The van der Waals surface area contributed by atoms with Gasteiger partial charge in [-0.05, 0) is 43.2 Å². The minimum Gasteiger partial charge on any atom is -0.381 e. The SMILES string of the molecule is CN(Cc1ccccc1N1CCCC1)C(=O)C(N)C1CCOCC1. The Kier molecular flexibility index (Phi) is 5.74. The lowest BCUT2D eigenvalue weighted by molar-refractivity contribution is -0.133. The first-order valence-electron chi connectivity index (χ1n) is 9.08. The largest absolute Gasteiger partial charge is 0.381 e. The molecule has 1 aromatic rings. The summed E-state index contributed by atoms with van der Waals surface area (Å²) in [6, 6.07) is 7.99. The number of nitrogens with two attached hydrogens (primary N) is 1. The van der Waals surface area contributed by atoms with Crippen LogP contribution in [0.4, 0.5) is 5.69 Å². The summed E-state index contributed by atoms with van der Waals surface area (Å²) in [7, 11) is 1.86. The van der Waals surface area contributed by atoms with Crippen LogP contribution in [0, 0.1) is 5.92 Å². The highest BCUT2D eigenvalue weighted by atomic mass is 16.5. The fourth-order valence-electron chi connectivity index (χ4n) is 3.78. The number of amides is 1. The number of benzene rings is 1. The number of anilines is 1. The van der Waals surface area contributed by atoms with Gasteiger partial charge in [0.2, 0.25) is 5.91 Å². The first-order valence-corrected chi connectivity index (χ1v) is 9.08. The number of likely N-dealkylation sites (N-methyl/N-ethyl adjacent to an activating group) is 1. The molecule has 3 rings (SSSR count). The monoisotopic (exact) mass is 331 g/mol. The molecule has 0 aromatic heterocycles. The van der Waals surface area contributed by atoms with Gasteiger partial charge in [0.25, 0.3) is 0 Å². The van der Waals surface area contributed by atoms with Gasteiger partial charge < -0.3 is 20.3 Å². The molecule has 1 amide bonds. The van der Waals surface area contributed by atoms with E-state index in [0.29, 0.717) is 19.8 Å². The van der Waals surface area contributed by atoms with Crippen molar-refractivity contribution in [1.29, 1.82) is 0 Å². The van der Waals surface area contributed by atoms with E-state index in [1.165, 1.54) is 24.1 Å². The molecule has 5 heteroatoms. The normalized spacial score (nSPS) is 20.2. The Morgan fingerprint density at radius 2 is 1.96 bits per heavy atom. The summed E-state index contributed by atoms with van der Waals surface area (Å²) < 4.78 is 5.37. The molecule has 2 aliphatic heterocycles. The number of nitrogens with zero attached hydrogens (tertiary/aromatic N) is 2. The molecule has 1 atom stereocenters. The molecule has 2 fully saturated rings. The molecule has 5 nitrogen and oxygen atoms in total. The maximum Gasteiger partial charge on any atom is 0.239 e. The van der Waals surface area contributed by atoms with Crippen LogP contribution >= 0.6 is 0 Å². The third-order valence-corrected chi connectivity index (χ3v) is 5.28. The molecule has 2 heterocycles. The van der Waals surface area contributed by atoms with E-state index in [4.69, 9.17) is 10.5 Å². The summed E-state index contributed by atoms with van der Waals surface area (Å²) in [5, 5.41) is 0. The van der Waals surface area contributed by atoms with E-state index in [1.807, 2.05) is 13.1 Å². The van der Waals surface area contributed by atoms with Crippen molar-refractivity contribution in [1.82, 2.24) is 4.90 Å². The van der Waals surface area contributed by atoms with Crippen LogP contribution in [0.25, 0.3) is 0 Å². The standard InChI is InChI=1S/C19H29N3O2/c1-21(19(23)18(20)15-8-12-24-13-9-15)14-16-6-2-3-7-17(16)22-10-4-5-11-22/h2-3,6-7,15,18H,4-5,8-14,20H2,1H3. The average molecular weight is 331 g/mol. The van der Waals surface area contributed by atoms with Crippen LogP contribution in [0.2, 0.25) is 0 Å². The third kappa shape index (κ3) is 3.90. The Bertz CT molecular complexity index is 551. The zero-order chi connectivity index (χ0) is 16.9. The van der Waals surface area contributed by atoms with Gasteiger partial charge in [-0.1, -0.05) is 18.2 Å². The van der Waals surface area contributed by atoms with Crippen molar-refractivity contribution in [3.63, 3.8) is 0 Å². The smallest absolute Gasteiger partial charge is 0.239 e. The van der Waals surface area contributed by atoms with E-state index in [0.717, 1.165) is 25.9 Å². The van der Waals surface area contributed by atoms with Crippen molar-refractivity contribution < 1.29 is 9.53 Å². The van der Waals surface area contributed by atoms with Gasteiger partial charge >= 0.3 is 0 Å². The number of rotatable bonds is 5. The molecule has 2 saturated heterocycles. The van der Waals surface area contributed by atoms with Crippen molar-refractivity contribution in [3.8, 4) is 0 Å². The Hall–Kier alpha value is -1.59. The average Bonchev–Trinajstić information content (AvgIpc) is 3.16. The minimum atomic E-state index is -0.419. The van der Waals surface area contributed by atoms with Gasteiger partial charge in [0.1, 0.15) is 0 Å². The highest BCUT2D eigenvalue weighted by Gasteiger charge is 2.29. The van der Waals surface area contributed by atoms with Gasteiger partial charge in [-0.2, -0.15) is 0 Å². The summed E-state index contributed by atoms with van der Waals surface area (Å²) in [4.78, 5) is 16.9. The van der Waals surface area contributed by atoms with Crippen LogP contribution in [-0.4, -0.2) is 50.2 Å². The van der Waals surface area contributed by atoms with Crippen molar-refractivity contribution in [2.24, 2.45) is 11.7 Å². The number of para-hydroxylation sites is 1. The first-order chi connectivity index (χ1) is 11.7. The first kappa shape index (κ1) is 17.2. The molecule has 0 radical (unpaired) electrons. The number of ether oxygens (including phenoxy) is 1. The second kappa shape index (κ2) is 7.99. The Labute approximate surface area is 144 Å². The van der Waals surface area contributed by atoms with E-state index in [2.05, 4.69) is 23.1 Å². The van der Waals surface area contributed by atoms with Crippen molar-refractivity contribution >= 4 is 11.6 Å². The van der Waals surface area contributed by atoms with E-state index in [1.54, 1.807) is 4.90 Å². The van der Waals surface area contributed by atoms with Gasteiger partial charge in [-0.25, -0.2) is 0 Å². The molecule has 2 aliphatic rings. The van der Waals surface area contributed by atoms with Gasteiger partial charge in [0.05, 0.1) is 6.04 Å².